The Hall–Kier alpha value is -0.860. The molecule has 0 amide bonds. The second kappa shape index (κ2) is 8.45. The highest BCUT2D eigenvalue weighted by Crippen LogP contribution is 2.13. The summed E-state index contributed by atoms with van der Waals surface area (Å²) in [5.74, 6) is 0. The number of hydrogen-bond donors (Lipinski definition) is 2. The molecule has 0 bridgehead atoms. The van der Waals surface area contributed by atoms with Crippen LogP contribution in [0.3, 0.4) is 0 Å². The van der Waals surface area contributed by atoms with Crippen LogP contribution < -0.4 is 0 Å². The number of hydrogen-bond acceptors (Lipinski definition) is 2. The summed E-state index contributed by atoms with van der Waals surface area (Å²) in [5.41, 5.74) is 0.703. The molecule has 2 heteroatoms. The van der Waals surface area contributed by atoms with Gasteiger partial charge in [-0.05, 0) is 25.3 Å². The Kier molecular flexibility index (Phi) is 7.96. The number of aliphatic hydroxyl groups is 2. The Morgan fingerprint density at radius 1 is 1.33 bits per heavy atom. The van der Waals surface area contributed by atoms with Gasteiger partial charge < -0.3 is 10.2 Å². The summed E-state index contributed by atoms with van der Waals surface area (Å²) in [5, 5.41) is 19.3. The van der Waals surface area contributed by atoms with Crippen molar-refractivity contribution in [2.75, 3.05) is 0 Å². The van der Waals surface area contributed by atoms with Gasteiger partial charge in [-0.15, -0.1) is 0 Å². The first-order valence-electron chi connectivity index (χ1n) is 5.46. The zero-order valence-electron chi connectivity index (χ0n) is 9.69. The Labute approximate surface area is 92.6 Å². The number of allylic oxidation sites excluding steroid dienone is 3. The van der Waals surface area contributed by atoms with E-state index in [1.807, 2.05) is 19.1 Å². The molecule has 0 radical (unpaired) electrons. The summed E-state index contributed by atoms with van der Waals surface area (Å²) in [4.78, 5) is 0. The van der Waals surface area contributed by atoms with Gasteiger partial charge in [0.1, 0.15) is 12.2 Å². The van der Waals surface area contributed by atoms with Gasteiger partial charge >= 0.3 is 0 Å². The summed E-state index contributed by atoms with van der Waals surface area (Å²) >= 11 is 0. The van der Waals surface area contributed by atoms with Gasteiger partial charge in [0.2, 0.25) is 0 Å². The van der Waals surface area contributed by atoms with Crippen molar-refractivity contribution in [3.05, 3.63) is 36.5 Å². The van der Waals surface area contributed by atoms with Gasteiger partial charge in [-0.1, -0.05) is 44.2 Å². The molecule has 86 valence electrons. The van der Waals surface area contributed by atoms with Crippen LogP contribution in [0.2, 0.25) is 0 Å². The van der Waals surface area contributed by atoms with Crippen molar-refractivity contribution in [2.45, 2.75) is 45.3 Å². The minimum atomic E-state index is -0.856. The molecule has 0 aromatic carbocycles. The third kappa shape index (κ3) is 6.26. The minimum Gasteiger partial charge on any atom is -0.386 e. The van der Waals surface area contributed by atoms with Crippen molar-refractivity contribution >= 4 is 0 Å². The molecule has 2 nitrogen and oxygen atoms in total. The molecule has 2 N–H and O–H groups in total. The van der Waals surface area contributed by atoms with Crippen LogP contribution in [0.5, 0.6) is 0 Å². The zero-order valence-corrected chi connectivity index (χ0v) is 9.69. The van der Waals surface area contributed by atoms with E-state index in [2.05, 4.69) is 13.5 Å². The summed E-state index contributed by atoms with van der Waals surface area (Å²) in [6.45, 7) is 7.76. The van der Waals surface area contributed by atoms with Crippen molar-refractivity contribution in [1.29, 1.82) is 0 Å². The van der Waals surface area contributed by atoms with Crippen molar-refractivity contribution in [3.8, 4) is 0 Å². The summed E-state index contributed by atoms with van der Waals surface area (Å²) < 4.78 is 0. The molecule has 0 heterocycles. The van der Waals surface area contributed by atoms with E-state index >= 15 is 0 Å². The lowest BCUT2D eigenvalue weighted by Gasteiger charge is -2.16. The molecule has 0 saturated carbocycles. The maximum absolute atomic E-state index is 9.69. The Balaban J connectivity index is 4.06. The molecular formula is C13H22O2. The normalized spacial score (nSPS) is 16.0. The third-order valence-corrected chi connectivity index (χ3v) is 2.21. The molecule has 2 atom stereocenters. The Morgan fingerprint density at radius 2 is 2.00 bits per heavy atom. The fourth-order valence-electron chi connectivity index (χ4n) is 1.19. The van der Waals surface area contributed by atoms with Gasteiger partial charge in [-0.25, -0.2) is 0 Å². The van der Waals surface area contributed by atoms with Gasteiger partial charge in [-0.2, -0.15) is 0 Å². The van der Waals surface area contributed by atoms with Crippen LogP contribution in [0.15, 0.2) is 36.5 Å². The molecule has 0 fully saturated rings. The zero-order chi connectivity index (χ0) is 11.7. The van der Waals surface area contributed by atoms with E-state index in [0.717, 1.165) is 19.3 Å². The molecule has 0 aliphatic carbocycles. The first-order chi connectivity index (χ1) is 7.13. The van der Waals surface area contributed by atoms with Crippen LogP contribution in [0.25, 0.3) is 0 Å². The molecule has 0 unspecified atom stereocenters. The highest BCUT2D eigenvalue weighted by molar-refractivity contribution is 5.12. The molecule has 0 saturated heterocycles. The van der Waals surface area contributed by atoms with Gasteiger partial charge in [-0.3, -0.25) is 0 Å². The number of rotatable bonds is 7. The highest BCUT2D eigenvalue weighted by atomic mass is 16.3. The molecule has 0 aliphatic rings. The van der Waals surface area contributed by atoms with E-state index in [1.54, 1.807) is 12.2 Å². The van der Waals surface area contributed by atoms with Crippen LogP contribution in [0.1, 0.15) is 33.1 Å². The van der Waals surface area contributed by atoms with Crippen molar-refractivity contribution in [2.24, 2.45) is 0 Å². The van der Waals surface area contributed by atoms with Gasteiger partial charge in [0.15, 0.2) is 0 Å². The second-order valence-corrected chi connectivity index (χ2v) is 3.61. The lowest BCUT2D eigenvalue weighted by Crippen LogP contribution is -2.25. The van der Waals surface area contributed by atoms with Crippen molar-refractivity contribution in [1.82, 2.24) is 0 Å². The molecule has 0 rings (SSSR count). The van der Waals surface area contributed by atoms with Gasteiger partial charge in [0.25, 0.3) is 0 Å². The van der Waals surface area contributed by atoms with Crippen molar-refractivity contribution in [3.63, 3.8) is 0 Å². The molecule has 0 aromatic heterocycles. The first kappa shape index (κ1) is 14.1. The summed E-state index contributed by atoms with van der Waals surface area (Å²) in [6.07, 6.45) is 8.10. The highest BCUT2D eigenvalue weighted by Gasteiger charge is 2.15. The molecule has 0 aromatic rings. The average molecular weight is 210 g/mol. The van der Waals surface area contributed by atoms with Crippen LogP contribution in [0, 0.1) is 0 Å². The van der Waals surface area contributed by atoms with E-state index in [9.17, 15) is 10.2 Å². The third-order valence-electron chi connectivity index (χ3n) is 2.21. The van der Waals surface area contributed by atoms with Crippen molar-refractivity contribution < 1.29 is 10.2 Å². The maximum Gasteiger partial charge on any atom is 0.104 e. The predicted octanol–water partition coefficient (Wildman–Crippen LogP) is 2.59. The standard InChI is InChI=1S/C13H22O2/c1-4-6-8-10-12(14)13(15)11(3)9-7-5-2/h4,6,8,10,12-15H,3,5,7,9H2,1-2H3/b6-4+,10-8+/t12-,13-/m1/s1. The number of aliphatic hydroxyl groups excluding tert-OH is 2. The lowest BCUT2D eigenvalue weighted by atomic mass is 10.0. The summed E-state index contributed by atoms with van der Waals surface area (Å²) in [7, 11) is 0. The Bertz CT molecular complexity index is 229. The fourth-order valence-corrected chi connectivity index (χ4v) is 1.19. The van der Waals surface area contributed by atoms with Crippen LogP contribution >= 0.6 is 0 Å². The van der Waals surface area contributed by atoms with Crippen LogP contribution in [-0.2, 0) is 0 Å². The maximum atomic E-state index is 9.69. The van der Waals surface area contributed by atoms with Gasteiger partial charge in [0.05, 0.1) is 0 Å². The average Bonchev–Trinajstić information content (AvgIpc) is 2.24. The van der Waals surface area contributed by atoms with E-state index < -0.39 is 12.2 Å². The topological polar surface area (TPSA) is 40.5 Å². The monoisotopic (exact) mass is 210 g/mol. The molecule has 0 aliphatic heterocycles. The number of unbranched alkanes of at least 4 members (excludes halogenated alkanes) is 1. The molecule has 15 heavy (non-hydrogen) atoms. The van der Waals surface area contributed by atoms with E-state index in [4.69, 9.17) is 0 Å². The predicted molar refractivity (Wildman–Crippen MR) is 64.6 cm³/mol. The Morgan fingerprint density at radius 3 is 2.53 bits per heavy atom. The second-order valence-electron chi connectivity index (χ2n) is 3.61. The minimum absolute atomic E-state index is 0.703. The quantitative estimate of drug-likeness (QED) is 0.501. The summed E-state index contributed by atoms with van der Waals surface area (Å²) in [6, 6.07) is 0. The SMILES string of the molecule is C=C(CCCC)[C@@H](O)[C@H](O)/C=C/C=C/C. The van der Waals surface area contributed by atoms with Gasteiger partial charge in [0, 0.05) is 0 Å². The first-order valence-corrected chi connectivity index (χ1v) is 5.46. The van der Waals surface area contributed by atoms with E-state index in [-0.39, 0.29) is 0 Å². The van der Waals surface area contributed by atoms with E-state index in [1.165, 1.54) is 0 Å². The largest absolute Gasteiger partial charge is 0.386 e. The van der Waals surface area contributed by atoms with Crippen LogP contribution in [0.4, 0.5) is 0 Å². The fraction of sp³-hybridized carbons (Fsp3) is 0.538. The smallest absolute Gasteiger partial charge is 0.104 e. The molecular weight excluding hydrogens is 188 g/mol. The lowest BCUT2D eigenvalue weighted by molar-refractivity contribution is 0.0711. The molecule has 0 spiro atoms. The van der Waals surface area contributed by atoms with E-state index in [0.29, 0.717) is 5.57 Å². The van der Waals surface area contributed by atoms with Crippen LogP contribution in [-0.4, -0.2) is 22.4 Å².